The molecule has 0 radical (unpaired) electrons. The van der Waals surface area contributed by atoms with Crippen LogP contribution in [0.3, 0.4) is 0 Å². The summed E-state index contributed by atoms with van der Waals surface area (Å²) in [6.45, 7) is 5.42. The van der Waals surface area contributed by atoms with Crippen LogP contribution >= 0.6 is 0 Å². The first-order valence-electron chi connectivity index (χ1n) is 9.06. The van der Waals surface area contributed by atoms with E-state index in [4.69, 9.17) is 10.00 Å². The standard InChI is InChI=1S/C19H26N4O2/c20-11-15-2-1-3-16(10-15)12-21-19(24)22-18-4-7-23(8-5-18)13-17-6-9-25-14-17/h1-3,10,17-18H,4-9,12-14H2,(H2,21,22,24)/t17-/m1/s1. The first kappa shape index (κ1) is 17.7. The van der Waals surface area contributed by atoms with Gasteiger partial charge < -0.3 is 20.3 Å². The molecule has 0 unspecified atom stereocenters. The molecule has 2 heterocycles. The number of nitriles is 1. The number of carbonyl (C=O) groups excluding carboxylic acids is 1. The number of benzene rings is 1. The molecule has 1 aromatic rings. The van der Waals surface area contributed by atoms with Gasteiger partial charge in [0.15, 0.2) is 0 Å². The van der Waals surface area contributed by atoms with Gasteiger partial charge in [0, 0.05) is 38.8 Å². The zero-order valence-corrected chi connectivity index (χ0v) is 14.5. The number of amides is 2. The third-order valence-corrected chi connectivity index (χ3v) is 4.97. The van der Waals surface area contributed by atoms with E-state index in [-0.39, 0.29) is 12.1 Å². The van der Waals surface area contributed by atoms with Gasteiger partial charge in [-0.2, -0.15) is 5.26 Å². The number of nitrogens with one attached hydrogen (secondary N) is 2. The molecule has 1 atom stereocenters. The maximum absolute atomic E-state index is 12.1. The van der Waals surface area contributed by atoms with E-state index >= 15 is 0 Å². The van der Waals surface area contributed by atoms with E-state index < -0.39 is 0 Å². The number of likely N-dealkylation sites (tertiary alicyclic amines) is 1. The lowest BCUT2D eigenvalue weighted by Crippen LogP contribution is -2.48. The molecular weight excluding hydrogens is 316 g/mol. The fourth-order valence-corrected chi connectivity index (χ4v) is 3.52. The van der Waals surface area contributed by atoms with Crippen LogP contribution in [0, 0.1) is 17.2 Å². The topological polar surface area (TPSA) is 77.4 Å². The lowest BCUT2D eigenvalue weighted by atomic mass is 10.0. The van der Waals surface area contributed by atoms with E-state index in [2.05, 4.69) is 21.6 Å². The van der Waals surface area contributed by atoms with Crippen LogP contribution in [0.1, 0.15) is 30.4 Å². The first-order chi connectivity index (χ1) is 12.2. The molecule has 2 N–H and O–H groups in total. The number of piperidine rings is 1. The van der Waals surface area contributed by atoms with Crippen molar-refractivity contribution in [2.24, 2.45) is 5.92 Å². The summed E-state index contributed by atoms with van der Waals surface area (Å²) < 4.78 is 5.44. The molecule has 0 bridgehead atoms. The minimum atomic E-state index is -0.134. The third kappa shape index (κ3) is 5.45. The van der Waals surface area contributed by atoms with E-state index in [0.29, 0.717) is 18.0 Å². The van der Waals surface area contributed by atoms with E-state index in [9.17, 15) is 4.79 Å². The second kappa shape index (κ2) is 8.84. The number of rotatable bonds is 5. The monoisotopic (exact) mass is 342 g/mol. The molecule has 0 saturated carbocycles. The Balaban J connectivity index is 1.35. The molecule has 134 valence electrons. The average molecular weight is 342 g/mol. The summed E-state index contributed by atoms with van der Waals surface area (Å²) in [5.74, 6) is 0.678. The highest BCUT2D eigenvalue weighted by molar-refractivity contribution is 5.74. The van der Waals surface area contributed by atoms with E-state index in [0.717, 1.165) is 51.3 Å². The zero-order valence-electron chi connectivity index (χ0n) is 14.5. The summed E-state index contributed by atoms with van der Waals surface area (Å²) in [4.78, 5) is 14.6. The summed E-state index contributed by atoms with van der Waals surface area (Å²) in [5, 5.41) is 14.8. The van der Waals surface area contributed by atoms with Gasteiger partial charge in [-0.3, -0.25) is 0 Å². The van der Waals surface area contributed by atoms with Crippen molar-refractivity contribution in [1.29, 1.82) is 5.26 Å². The fourth-order valence-electron chi connectivity index (χ4n) is 3.52. The van der Waals surface area contributed by atoms with Crippen LogP contribution in [0.15, 0.2) is 24.3 Å². The van der Waals surface area contributed by atoms with E-state index in [1.165, 1.54) is 6.42 Å². The summed E-state index contributed by atoms with van der Waals surface area (Å²) in [5.41, 5.74) is 1.54. The normalized spacial score (nSPS) is 21.6. The number of hydrogen-bond donors (Lipinski definition) is 2. The maximum Gasteiger partial charge on any atom is 0.315 e. The number of carbonyl (C=O) groups is 1. The minimum Gasteiger partial charge on any atom is -0.381 e. The largest absolute Gasteiger partial charge is 0.381 e. The van der Waals surface area contributed by atoms with Gasteiger partial charge in [0.05, 0.1) is 18.2 Å². The fraction of sp³-hybridized carbons (Fsp3) is 0.579. The smallest absolute Gasteiger partial charge is 0.315 e. The molecular formula is C19H26N4O2. The van der Waals surface area contributed by atoms with Crippen molar-refractivity contribution < 1.29 is 9.53 Å². The van der Waals surface area contributed by atoms with Crippen LogP contribution in [0.5, 0.6) is 0 Å². The van der Waals surface area contributed by atoms with Gasteiger partial charge in [-0.15, -0.1) is 0 Å². The Morgan fingerprint density at radius 3 is 2.88 bits per heavy atom. The predicted molar refractivity (Wildman–Crippen MR) is 94.9 cm³/mol. The van der Waals surface area contributed by atoms with Gasteiger partial charge in [0.25, 0.3) is 0 Å². The molecule has 0 aliphatic carbocycles. The number of ether oxygens (including phenoxy) is 1. The van der Waals surface area contributed by atoms with Gasteiger partial charge in [-0.25, -0.2) is 4.79 Å². The molecule has 0 spiro atoms. The molecule has 2 aliphatic heterocycles. The van der Waals surface area contributed by atoms with Crippen molar-refractivity contribution in [3.8, 4) is 6.07 Å². The lowest BCUT2D eigenvalue weighted by Gasteiger charge is -2.33. The van der Waals surface area contributed by atoms with Gasteiger partial charge >= 0.3 is 6.03 Å². The van der Waals surface area contributed by atoms with E-state index in [1.54, 1.807) is 12.1 Å². The van der Waals surface area contributed by atoms with Gasteiger partial charge in [-0.1, -0.05) is 12.1 Å². The Morgan fingerprint density at radius 1 is 1.32 bits per heavy atom. The molecule has 1 aromatic carbocycles. The van der Waals surface area contributed by atoms with Crippen molar-refractivity contribution in [3.05, 3.63) is 35.4 Å². The van der Waals surface area contributed by atoms with Crippen LogP contribution in [0.25, 0.3) is 0 Å². The van der Waals surface area contributed by atoms with Gasteiger partial charge in [0.2, 0.25) is 0 Å². The summed E-state index contributed by atoms with van der Waals surface area (Å²) in [7, 11) is 0. The number of hydrogen-bond acceptors (Lipinski definition) is 4. The highest BCUT2D eigenvalue weighted by Gasteiger charge is 2.24. The van der Waals surface area contributed by atoms with Crippen molar-refractivity contribution in [1.82, 2.24) is 15.5 Å². The van der Waals surface area contributed by atoms with Crippen molar-refractivity contribution in [2.75, 3.05) is 32.8 Å². The summed E-state index contributed by atoms with van der Waals surface area (Å²) in [6.07, 6.45) is 3.16. The Labute approximate surface area is 149 Å². The quantitative estimate of drug-likeness (QED) is 0.856. The van der Waals surface area contributed by atoms with Crippen molar-refractivity contribution in [3.63, 3.8) is 0 Å². The Kier molecular flexibility index (Phi) is 6.26. The third-order valence-electron chi connectivity index (χ3n) is 4.97. The Morgan fingerprint density at radius 2 is 2.16 bits per heavy atom. The van der Waals surface area contributed by atoms with Crippen molar-refractivity contribution >= 4 is 6.03 Å². The highest BCUT2D eigenvalue weighted by atomic mass is 16.5. The zero-order chi connectivity index (χ0) is 17.5. The van der Waals surface area contributed by atoms with Gasteiger partial charge in [-0.05, 0) is 42.9 Å². The molecule has 2 saturated heterocycles. The van der Waals surface area contributed by atoms with Crippen LogP contribution in [0.4, 0.5) is 4.79 Å². The maximum atomic E-state index is 12.1. The van der Waals surface area contributed by atoms with E-state index in [1.807, 2.05) is 12.1 Å². The molecule has 0 aromatic heterocycles. The molecule has 2 aliphatic rings. The van der Waals surface area contributed by atoms with Crippen LogP contribution in [0.2, 0.25) is 0 Å². The number of urea groups is 1. The van der Waals surface area contributed by atoms with Crippen LogP contribution in [-0.4, -0.2) is 49.8 Å². The molecule has 2 fully saturated rings. The number of nitrogens with zero attached hydrogens (tertiary/aromatic N) is 2. The highest BCUT2D eigenvalue weighted by Crippen LogP contribution is 2.17. The SMILES string of the molecule is N#Cc1cccc(CNC(=O)NC2CCN(C[C@H]3CCOC3)CC2)c1. The second-order valence-electron chi connectivity index (χ2n) is 6.94. The predicted octanol–water partition coefficient (Wildman–Crippen LogP) is 1.86. The lowest BCUT2D eigenvalue weighted by molar-refractivity contribution is 0.148. The molecule has 6 heteroatoms. The molecule has 2 amide bonds. The summed E-state index contributed by atoms with van der Waals surface area (Å²) >= 11 is 0. The molecule has 3 rings (SSSR count). The van der Waals surface area contributed by atoms with Crippen LogP contribution < -0.4 is 10.6 Å². The Bertz CT molecular complexity index is 614. The average Bonchev–Trinajstić information content (AvgIpc) is 3.15. The van der Waals surface area contributed by atoms with Crippen molar-refractivity contribution in [2.45, 2.75) is 31.8 Å². The second-order valence-corrected chi connectivity index (χ2v) is 6.94. The molecule has 6 nitrogen and oxygen atoms in total. The van der Waals surface area contributed by atoms with Crippen LogP contribution in [-0.2, 0) is 11.3 Å². The summed E-state index contributed by atoms with van der Waals surface area (Å²) in [6, 6.07) is 9.51. The minimum absolute atomic E-state index is 0.134. The Hall–Kier alpha value is -2.10. The molecule has 25 heavy (non-hydrogen) atoms. The van der Waals surface area contributed by atoms with Gasteiger partial charge in [0.1, 0.15) is 0 Å². The first-order valence-corrected chi connectivity index (χ1v) is 9.06.